The van der Waals surface area contributed by atoms with Gasteiger partial charge in [-0.25, -0.2) is 0 Å². The van der Waals surface area contributed by atoms with Crippen molar-refractivity contribution in [3.8, 4) is 5.75 Å². The average molecular weight is 271 g/mol. The zero-order valence-corrected chi connectivity index (χ0v) is 11.7. The number of ether oxygens (including phenoxy) is 1. The fourth-order valence-electron chi connectivity index (χ4n) is 1.49. The van der Waals surface area contributed by atoms with Crippen LogP contribution in [0.15, 0.2) is 18.2 Å². The second-order valence-electron chi connectivity index (χ2n) is 4.04. The van der Waals surface area contributed by atoms with Gasteiger partial charge in [0.1, 0.15) is 5.75 Å². The summed E-state index contributed by atoms with van der Waals surface area (Å²) in [6.07, 6.45) is 0. The molecule has 1 aromatic rings. The van der Waals surface area contributed by atoms with Crippen LogP contribution in [0.3, 0.4) is 0 Å². The molecule has 0 bridgehead atoms. The van der Waals surface area contributed by atoms with Gasteiger partial charge in [0.2, 0.25) is 5.91 Å². The minimum atomic E-state index is -0.117. The number of nitrogens with one attached hydrogen (secondary N) is 2. The number of carbonyl (C=O) groups excluding carboxylic acids is 1. The van der Waals surface area contributed by atoms with Gasteiger partial charge in [0.05, 0.1) is 12.8 Å². The van der Waals surface area contributed by atoms with Crippen LogP contribution in [0.2, 0.25) is 5.02 Å². The van der Waals surface area contributed by atoms with Gasteiger partial charge in [-0.3, -0.25) is 4.79 Å². The maximum atomic E-state index is 11.9. The van der Waals surface area contributed by atoms with E-state index in [1.54, 1.807) is 25.3 Å². The Labute approximate surface area is 113 Å². The summed E-state index contributed by atoms with van der Waals surface area (Å²) in [4.78, 5) is 11.9. The Kier molecular flexibility index (Phi) is 5.95. The standard InChI is InChI=1S/C13H19ClN2O2/c1-4-15-8-9(2)13(17)16-11-7-10(14)5-6-12(11)18-3/h5-7,9,15H,4,8H2,1-3H3,(H,16,17). The second kappa shape index (κ2) is 7.24. The first-order valence-corrected chi connectivity index (χ1v) is 6.31. The van der Waals surface area contributed by atoms with Gasteiger partial charge in [-0.15, -0.1) is 0 Å². The molecule has 0 aromatic heterocycles. The highest BCUT2D eigenvalue weighted by atomic mass is 35.5. The van der Waals surface area contributed by atoms with Crippen LogP contribution in [0.1, 0.15) is 13.8 Å². The van der Waals surface area contributed by atoms with Crippen LogP contribution in [0, 0.1) is 5.92 Å². The van der Waals surface area contributed by atoms with E-state index in [-0.39, 0.29) is 11.8 Å². The summed E-state index contributed by atoms with van der Waals surface area (Å²) in [5.41, 5.74) is 0.596. The van der Waals surface area contributed by atoms with E-state index in [1.165, 1.54) is 0 Å². The van der Waals surface area contributed by atoms with Crippen LogP contribution < -0.4 is 15.4 Å². The molecule has 1 rings (SSSR count). The van der Waals surface area contributed by atoms with E-state index in [2.05, 4.69) is 10.6 Å². The SMILES string of the molecule is CCNCC(C)C(=O)Nc1cc(Cl)ccc1OC. The quantitative estimate of drug-likeness (QED) is 0.835. The van der Waals surface area contributed by atoms with Gasteiger partial charge in [-0.1, -0.05) is 25.4 Å². The molecule has 2 N–H and O–H groups in total. The lowest BCUT2D eigenvalue weighted by molar-refractivity contribution is -0.119. The van der Waals surface area contributed by atoms with Crippen LogP contribution >= 0.6 is 11.6 Å². The summed E-state index contributed by atoms with van der Waals surface area (Å²) < 4.78 is 5.17. The van der Waals surface area contributed by atoms with Crippen LogP contribution in [0.5, 0.6) is 5.75 Å². The third kappa shape index (κ3) is 4.20. The molecule has 0 spiro atoms. The number of methoxy groups -OCH3 is 1. The van der Waals surface area contributed by atoms with Crippen molar-refractivity contribution in [3.63, 3.8) is 0 Å². The molecule has 1 unspecified atom stereocenters. The third-order valence-corrected chi connectivity index (χ3v) is 2.80. The molecule has 0 fully saturated rings. The first kappa shape index (κ1) is 14.8. The summed E-state index contributed by atoms with van der Waals surface area (Å²) >= 11 is 5.90. The third-order valence-electron chi connectivity index (χ3n) is 2.57. The van der Waals surface area contributed by atoms with Crippen molar-refractivity contribution in [2.75, 3.05) is 25.5 Å². The fraction of sp³-hybridized carbons (Fsp3) is 0.462. The summed E-state index contributed by atoms with van der Waals surface area (Å²) in [5, 5.41) is 6.52. The lowest BCUT2D eigenvalue weighted by Crippen LogP contribution is -2.30. The molecule has 18 heavy (non-hydrogen) atoms. The zero-order valence-electron chi connectivity index (χ0n) is 10.9. The van der Waals surface area contributed by atoms with Crippen molar-refractivity contribution in [2.45, 2.75) is 13.8 Å². The number of hydrogen-bond acceptors (Lipinski definition) is 3. The summed E-state index contributed by atoms with van der Waals surface area (Å²) in [6, 6.07) is 5.13. The van der Waals surface area contributed by atoms with Gasteiger partial charge >= 0.3 is 0 Å². The lowest BCUT2D eigenvalue weighted by atomic mass is 10.1. The summed E-state index contributed by atoms with van der Waals surface area (Å²) in [5.74, 6) is 0.425. The highest BCUT2D eigenvalue weighted by Crippen LogP contribution is 2.27. The predicted molar refractivity (Wildman–Crippen MR) is 74.3 cm³/mol. The summed E-state index contributed by atoms with van der Waals surface area (Å²) in [6.45, 7) is 5.36. The van der Waals surface area contributed by atoms with Crippen LogP contribution in [0.4, 0.5) is 5.69 Å². The van der Waals surface area contributed by atoms with Crippen LogP contribution in [0.25, 0.3) is 0 Å². The van der Waals surface area contributed by atoms with E-state index >= 15 is 0 Å². The molecule has 1 atom stereocenters. The van der Waals surface area contributed by atoms with E-state index in [0.29, 0.717) is 23.0 Å². The van der Waals surface area contributed by atoms with Gasteiger partial charge in [0, 0.05) is 17.5 Å². The fourth-order valence-corrected chi connectivity index (χ4v) is 1.66. The minimum absolute atomic E-state index is 0.0588. The van der Waals surface area contributed by atoms with Crippen molar-refractivity contribution in [1.29, 1.82) is 0 Å². The first-order chi connectivity index (χ1) is 8.58. The van der Waals surface area contributed by atoms with E-state index < -0.39 is 0 Å². The van der Waals surface area contributed by atoms with E-state index in [1.807, 2.05) is 13.8 Å². The van der Waals surface area contributed by atoms with Gasteiger partial charge in [-0.05, 0) is 24.7 Å². The topological polar surface area (TPSA) is 50.4 Å². The predicted octanol–water partition coefficient (Wildman–Crippen LogP) is 2.53. The Morgan fingerprint density at radius 2 is 2.22 bits per heavy atom. The van der Waals surface area contributed by atoms with E-state index in [0.717, 1.165) is 6.54 Å². The largest absolute Gasteiger partial charge is 0.495 e. The Morgan fingerprint density at radius 1 is 1.50 bits per heavy atom. The Balaban J connectivity index is 2.71. The number of amides is 1. The van der Waals surface area contributed by atoms with Crippen LogP contribution in [-0.2, 0) is 4.79 Å². The smallest absolute Gasteiger partial charge is 0.228 e. The highest BCUT2D eigenvalue weighted by molar-refractivity contribution is 6.31. The maximum Gasteiger partial charge on any atom is 0.228 e. The number of carbonyl (C=O) groups is 1. The van der Waals surface area contributed by atoms with E-state index in [4.69, 9.17) is 16.3 Å². The van der Waals surface area contributed by atoms with Crippen molar-refractivity contribution in [3.05, 3.63) is 23.2 Å². The van der Waals surface area contributed by atoms with Crippen molar-refractivity contribution < 1.29 is 9.53 Å². The number of benzene rings is 1. The molecular weight excluding hydrogens is 252 g/mol. The van der Waals surface area contributed by atoms with Gasteiger partial charge in [0.15, 0.2) is 0 Å². The van der Waals surface area contributed by atoms with Crippen molar-refractivity contribution >= 4 is 23.2 Å². The molecule has 0 saturated carbocycles. The molecule has 5 heteroatoms. The molecule has 0 aliphatic rings. The molecule has 1 aromatic carbocycles. The van der Waals surface area contributed by atoms with E-state index in [9.17, 15) is 4.79 Å². The van der Waals surface area contributed by atoms with Gasteiger partial charge < -0.3 is 15.4 Å². The Hall–Kier alpha value is -1.26. The zero-order chi connectivity index (χ0) is 13.5. The molecule has 0 aliphatic carbocycles. The monoisotopic (exact) mass is 270 g/mol. The van der Waals surface area contributed by atoms with Crippen molar-refractivity contribution in [1.82, 2.24) is 5.32 Å². The normalized spacial score (nSPS) is 12.0. The molecule has 0 saturated heterocycles. The van der Waals surface area contributed by atoms with Crippen molar-refractivity contribution in [2.24, 2.45) is 5.92 Å². The summed E-state index contributed by atoms with van der Waals surface area (Å²) in [7, 11) is 1.56. The van der Waals surface area contributed by atoms with Gasteiger partial charge in [0.25, 0.3) is 0 Å². The molecule has 0 heterocycles. The second-order valence-corrected chi connectivity index (χ2v) is 4.48. The number of rotatable bonds is 6. The first-order valence-electron chi connectivity index (χ1n) is 5.93. The molecular formula is C13H19ClN2O2. The highest BCUT2D eigenvalue weighted by Gasteiger charge is 2.14. The molecule has 1 amide bonds. The number of halogens is 1. The minimum Gasteiger partial charge on any atom is -0.495 e. The van der Waals surface area contributed by atoms with Gasteiger partial charge in [-0.2, -0.15) is 0 Å². The maximum absolute atomic E-state index is 11.9. The molecule has 0 radical (unpaired) electrons. The Bertz CT molecular complexity index is 410. The lowest BCUT2D eigenvalue weighted by Gasteiger charge is -2.14. The molecule has 0 aliphatic heterocycles. The number of anilines is 1. The Morgan fingerprint density at radius 3 is 2.83 bits per heavy atom. The molecule has 100 valence electrons. The van der Waals surface area contributed by atoms with Crippen LogP contribution in [-0.4, -0.2) is 26.1 Å². The molecule has 4 nitrogen and oxygen atoms in total. The average Bonchev–Trinajstić information content (AvgIpc) is 2.36. The number of hydrogen-bond donors (Lipinski definition) is 2.